The van der Waals surface area contributed by atoms with Crippen molar-refractivity contribution in [3.05, 3.63) is 59.7 Å². The summed E-state index contributed by atoms with van der Waals surface area (Å²) in [5, 5.41) is 5.52. The summed E-state index contributed by atoms with van der Waals surface area (Å²) in [4.78, 5) is 40.3. The predicted octanol–water partition coefficient (Wildman–Crippen LogP) is 1.97. The molecule has 1 saturated heterocycles. The fraction of sp³-hybridized carbons (Fsp3) is 0.375. The van der Waals surface area contributed by atoms with Crippen LogP contribution in [-0.2, 0) is 9.59 Å². The molecule has 3 rings (SSSR count). The van der Waals surface area contributed by atoms with Crippen molar-refractivity contribution in [1.82, 2.24) is 15.5 Å². The van der Waals surface area contributed by atoms with Gasteiger partial charge in [0.15, 0.2) is 0 Å². The van der Waals surface area contributed by atoms with E-state index >= 15 is 0 Å². The molecule has 0 aromatic heterocycles. The molecule has 0 bridgehead atoms. The van der Waals surface area contributed by atoms with E-state index in [-0.39, 0.29) is 30.3 Å². The lowest BCUT2D eigenvalue weighted by molar-refractivity contribution is -0.120. The molecule has 2 N–H and O–H groups in total. The Morgan fingerprint density at radius 1 is 1.12 bits per heavy atom. The zero-order chi connectivity index (χ0) is 23.1. The molecule has 0 aliphatic carbocycles. The molecule has 1 fully saturated rings. The van der Waals surface area contributed by atoms with Crippen molar-refractivity contribution in [1.29, 1.82) is 0 Å². The monoisotopic (exact) mass is 438 g/mol. The van der Waals surface area contributed by atoms with Crippen LogP contribution < -0.4 is 20.3 Å². The van der Waals surface area contributed by atoms with Gasteiger partial charge in [0.2, 0.25) is 11.8 Å². The number of carbonyl (C=O) groups is 3. The maximum absolute atomic E-state index is 12.4. The first-order valence-corrected chi connectivity index (χ1v) is 10.6. The van der Waals surface area contributed by atoms with E-state index in [0.29, 0.717) is 25.1 Å². The molecule has 1 atom stereocenters. The molecule has 2 aromatic carbocycles. The van der Waals surface area contributed by atoms with Gasteiger partial charge < -0.3 is 25.2 Å². The first-order valence-electron chi connectivity index (χ1n) is 10.6. The number of anilines is 1. The summed E-state index contributed by atoms with van der Waals surface area (Å²) in [6.45, 7) is 0.977. The quantitative estimate of drug-likeness (QED) is 0.625. The van der Waals surface area contributed by atoms with Gasteiger partial charge in [-0.2, -0.15) is 0 Å². The van der Waals surface area contributed by atoms with Gasteiger partial charge in [-0.25, -0.2) is 0 Å². The Morgan fingerprint density at radius 3 is 2.50 bits per heavy atom. The maximum atomic E-state index is 12.4. The molecule has 0 saturated carbocycles. The third-order valence-electron chi connectivity index (χ3n) is 5.52. The number of amides is 3. The number of benzene rings is 2. The zero-order valence-electron chi connectivity index (χ0n) is 18.8. The highest BCUT2D eigenvalue weighted by Crippen LogP contribution is 2.23. The van der Waals surface area contributed by atoms with E-state index in [1.165, 1.54) is 0 Å². The van der Waals surface area contributed by atoms with Crippen LogP contribution in [-0.4, -0.2) is 63.5 Å². The molecule has 1 aliphatic rings. The Morgan fingerprint density at radius 2 is 1.88 bits per heavy atom. The zero-order valence-corrected chi connectivity index (χ0v) is 18.8. The summed E-state index contributed by atoms with van der Waals surface area (Å²) in [6, 6.07) is 14.5. The van der Waals surface area contributed by atoms with E-state index in [0.717, 1.165) is 23.4 Å². The second kappa shape index (κ2) is 10.8. The Hall–Kier alpha value is -3.39. The van der Waals surface area contributed by atoms with Crippen LogP contribution >= 0.6 is 0 Å². The summed E-state index contributed by atoms with van der Waals surface area (Å²) in [5.41, 5.74) is 2.25. The van der Waals surface area contributed by atoms with Crippen molar-refractivity contribution in [3.63, 3.8) is 0 Å². The van der Waals surface area contributed by atoms with Crippen molar-refractivity contribution in [3.8, 4) is 5.75 Å². The van der Waals surface area contributed by atoms with Gasteiger partial charge in [-0.05, 0) is 62.5 Å². The number of hydrogen-bond acceptors (Lipinski definition) is 5. The molecule has 8 heteroatoms. The van der Waals surface area contributed by atoms with E-state index in [9.17, 15) is 14.4 Å². The highest BCUT2D eigenvalue weighted by molar-refractivity contribution is 5.98. The normalized spacial score (nSPS) is 14.4. The van der Waals surface area contributed by atoms with Gasteiger partial charge >= 0.3 is 0 Å². The third kappa shape index (κ3) is 5.85. The molecule has 1 unspecified atom stereocenters. The minimum atomic E-state index is -0.337. The highest BCUT2D eigenvalue weighted by Gasteiger charge is 2.22. The third-order valence-corrected chi connectivity index (χ3v) is 5.52. The van der Waals surface area contributed by atoms with Gasteiger partial charge in [0.1, 0.15) is 5.75 Å². The summed E-state index contributed by atoms with van der Waals surface area (Å²) in [5.74, 6) is 0.251. The number of rotatable bonds is 9. The van der Waals surface area contributed by atoms with Crippen molar-refractivity contribution >= 4 is 23.4 Å². The SMILES string of the molecule is COc1cccc(C(CNC(=O)CNC(=O)c2ccc(N3CCCC3=O)cc2)N(C)C)c1. The fourth-order valence-electron chi connectivity index (χ4n) is 3.70. The largest absolute Gasteiger partial charge is 0.497 e. The van der Waals surface area contributed by atoms with Crippen LogP contribution in [0.3, 0.4) is 0 Å². The Kier molecular flexibility index (Phi) is 7.83. The van der Waals surface area contributed by atoms with Crippen molar-refractivity contribution in [2.75, 3.05) is 45.7 Å². The molecule has 2 aromatic rings. The van der Waals surface area contributed by atoms with Crippen LogP contribution in [0.2, 0.25) is 0 Å². The number of nitrogens with zero attached hydrogens (tertiary/aromatic N) is 2. The van der Waals surface area contributed by atoms with Crippen molar-refractivity contribution in [2.24, 2.45) is 0 Å². The fourth-order valence-corrected chi connectivity index (χ4v) is 3.70. The average molecular weight is 439 g/mol. The molecule has 3 amide bonds. The smallest absolute Gasteiger partial charge is 0.251 e. The van der Waals surface area contributed by atoms with Gasteiger partial charge in [-0.1, -0.05) is 12.1 Å². The van der Waals surface area contributed by atoms with Gasteiger partial charge in [0, 0.05) is 30.8 Å². The number of likely N-dealkylation sites (N-methyl/N-ethyl adjacent to an activating group) is 1. The van der Waals surface area contributed by atoms with E-state index in [2.05, 4.69) is 10.6 Å². The lowest BCUT2D eigenvalue weighted by Gasteiger charge is -2.25. The predicted molar refractivity (Wildman–Crippen MR) is 123 cm³/mol. The average Bonchev–Trinajstić information content (AvgIpc) is 3.23. The van der Waals surface area contributed by atoms with Crippen LogP contribution in [0.4, 0.5) is 5.69 Å². The van der Waals surface area contributed by atoms with E-state index < -0.39 is 0 Å². The Bertz CT molecular complexity index is 959. The summed E-state index contributed by atoms with van der Waals surface area (Å²) < 4.78 is 5.29. The lowest BCUT2D eigenvalue weighted by atomic mass is 10.1. The topological polar surface area (TPSA) is 91.0 Å². The second-order valence-electron chi connectivity index (χ2n) is 7.94. The Balaban J connectivity index is 1.50. The van der Waals surface area contributed by atoms with Crippen molar-refractivity contribution < 1.29 is 19.1 Å². The molecule has 170 valence electrons. The molecule has 1 heterocycles. The van der Waals surface area contributed by atoms with E-state index in [4.69, 9.17) is 4.74 Å². The Labute approximate surface area is 188 Å². The summed E-state index contributed by atoms with van der Waals surface area (Å²) >= 11 is 0. The van der Waals surface area contributed by atoms with Crippen LogP contribution in [0.5, 0.6) is 5.75 Å². The number of hydrogen-bond donors (Lipinski definition) is 2. The minimum Gasteiger partial charge on any atom is -0.497 e. The molecule has 1 aliphatic heterocycles. The van der Waals surface area contributed by atoms with Crippen LogP contribution in [0.15, 0.2) is 48.5 Å². The van der Waals surface area contributed by atoms with Crippen LogP contribution in [0.1, 0.15) is 34.8 Å². The van der Waals surface area contributed by atoms with Gasteiger partial charge in [-0.3, -0.25) is 14.4 Å². The molecule has 8 nitrogen and oxygen atoms in total. The number of ether oxygens (including phenoxy) is 1. The molecule has 32 heavy (non-hydrogen) atoms. The standard InChI is InChI=1S/C24H30N4O4/c1-27(2)21(18-6-4-7-20(14-18)32-3)15-25-22(29)16-26-24(31)17-9-11-19(12-10-17)28-13-5-8-23(28)30/h4,6-7,9-12,14,21H,5,8,13,15-16H2,1-3H3,(H,25,29)(H,26,31). The van der Waals surface area contributed by atoms with E-state index in [1.807, 2.05) is 43.3 Å². The number of carbonyl (C=O) groups excluding carboxylic acids is 3. The van der Waals surface area contributed by atoms with Crippen LogP contribution in [0.25, 0.3) is 0 Å². The number of nitrogens with one attached hydrogen (secondary N) is 2. The summed E-state index contributed by atoms with van der Waals surface area (Å²) in [7, 11) is 5.50. The minimum absolute atomic E-state index is 0.0365. The summed E-state index contributed by atoms with van der Waals surface area (Å²) in [6.07, 6.45) is 1.41. The highest BCUT2D eigenvalue weighted by atomic mass is 16.5. The molecular weight excluding hydrogens is 408 g/mol. The van der Waals surface area contributed by atoms with Crippen LogP contribution in [0, 0.1) is 0 Å². The van der Waals surface area contributed by atoms with Crippen molar-refractivity contribution in [2.45, 2.75) is 18.9 Å². The first-order chi connectivity index (χ1) is 15.4. The van der Waals surface area contributed by atoms with Gasteiger partial charge in [-0.15, -0.1) is 0 Å². The van der Waals surface area contributed by atoms with Gasteiger partial charge in [0.05, 0.1) is 19.7 Å². The number of methoxy groups -OCH3 is 1. The maximum Gasteiger partial charge on any atom is 0.251 e. The van der Waals surface area contributed by atoms with E-state index in [1.54, 1.807) is 36.3 Å². The molecule has 0 radical (unpaired) electrons. The first kappa shape index (κ1) is 23.3. The lowest BCUT2D eigenvalue weighted by Crippen LogP contribution is -2.40. The second-order valence-corrected chi connectivity index (χ2v) is 7.94. The molecular formula is C24H30N4O4. The van der Waals surface area contributed by atoms with Gasteiger partial charge in [0.25, 0.3) is 5.91 Å². The molecule has 0 spiro atoms.